The van der Waals surface area contributed by atoms with Gasteiger partial charge in [0.1, 0.15) is 24.4 Å². The highest BCUT2D eigenvalue weighted by Gasteiger charge is 2.46. The smallest absolute Gasteiger partial charge is 0.184 e. The molecule has 6 heteroatoms. The lowest BCUT2D eigenvalue weighted by Gasteiger charge is -2.42. The number of hydrogen-bond donors (Lipinski definition) is 2. The van der Waals surface area contributed by atoms with Crippen molar-refractivity contribution in [2.75, 3.05) is 6.61 Å². The molecular formula is C27H30O6. The number of aliphatic hydroxyl groups is 2. The fourth-order valence-corrected chi connectivity index (χ4v) is 3.83. The average Bonchev–Trinajstić information content (AvgIpc) is 2.85. The zero-order chi connectivity index (χ0) is 22.9. The van der Waals surface area contributed by atoms with E-state index < -0.39 is 30.7 Å². The normalized spacial score (nSPS) is 25.1. The highest BCUT2D eigenvalue weighted by Crippen LogP contribution is 2.27. The first-order valence-corrected chi connectivity index (χ1v) is 11.1. The van der Waals surface area contributed by atoms with Crippen LogP contribution in [0.5, 0.6) is 0 Å². The predicted octanol–water partition coefficient (Wildman–Crippen LogP) is 3.45. The second-order valence-electron chi connectivity index (χ2n) is 8.08. The summed E-state index contributed by atoms with van der Waals surface area (Å²) in [6.45, 7) is 1.09. The van der Waals surface area contributed by atoms with E-state index in [1.165, 1.54) is 0 Å². The van der Waals surface area contributed by atoms with Gasteiger partial charge in [0.2, 0.25) is 0 Å². The molecule has 0 spiro atoms. The molecule has 0 aliphatic carbocycles. The predicted molar refractivity (Wildman–Crippen MR) is 123 cm³/mol. The molecule has 5 atom stereocenters. The van der Waals surface area contributed by atoms with E-state index in [1.54, 1.807) is 0 Å². The molecule has 1 fully saturated rings. The van der Waals surface area contributed by atoms with Crippen molar-refractivity contribution in [1.82, 2.24) is 0 Å². The third-order valence-electron chi connectivity index (χ3n) is 5.60. The van der Waals surface area contributed by atoms with Crippen LogP contribution < -0.4 is 0 Å². The molecule has 3 aromatic carbocycles. The molecule has 1 aliphatic heterocycles. The number of ether oxygens (including phenoxy) is 4. The van der Waals surface area contributed by atoms with Gasteiger partial charge in [-0.15, -0.1) is 0 Å². The Kier molecular flexibility index (Phi) is 8.60. The second-order valence-corrected chi connectivity index (χ2v) is 8.08. The highest BCUT2D eigenvalue weighted by atomic mass is 16.7. The van der Waals surface area contributed by atoms with E-state index in [9.17, 15) is 10.2 Å². The quantitative estimate of drug-likeness (QED) is 0.493. The fraction of sp³-hybridized carbons (Fsp3) is 0.333. The van der Waals surface area contributed by atoms with Gasteiger partial charge in [-0.05, 0) is 16.7 Å². The van der Waals surface area contributed by atoms with Gasteiger partial charge in [0.05, 0.1) is 26.4 Å². The van der Waals surface area contributed by atoms with Crippen LogP contribution in [-0.2, 0) is 38.8 Å². The second kappa shape index (κ2) is 12.0. The van der Waals surface area contributed by atoms with Gasteiger partial charge < -0.3 is 29.2 Å². The first-order chi connectivity index (χ1) is 16.2. The lowest BCUT2D eigenvalue weighted by Crippen LogP contribution is -2.60. The van der Waals surface area contributed by atoms with Gasteiger partial charge in [0.25, 0.3) is 0 Å². The van der Waals surface area contributed by atoms with Gasteiger partial charge in [-0.25, -0.2) is 0 Å². The lowest BCUT2D eigenvalue weighted by atomic mass is 9.98. The van der Waals surface area contributed by atoms with E-state index in [0.29, 0.717) is 13.2 Å². The van der Waals surface area contributed by atoms with Gasteiger partial charge in [-0.3, -0.25) is 0 Å². The standard InChI is InChI=1S/C27H30O6/c28-24-25(31-17-21-12-6-2-7-13-21)23(19-30-16-20-10-4-1-5-11-20)33-27(29)26(24)32-18-22-14-8-3-9-15-22/h1-15,23-29H,16-19H2/t23-,24-,25-,26-,27?/m1/s1. The Balaban J connectivity index is 1.41. The Bertz CT molecular complexity index is 935. The maximum atomic E-state index is 11.1. The van der Waals surface area contributed by atoms with Crippen molar-refractivity contribution >= 4 is 0 Å². The summed E-state index contributed by atoms with van der Waals surface area (Å²) >= 11 is 0. The number of aliphatic hydroxyl groups excluding tert-OH is 2. The monoisotopic (exact) mass is 450 g/mol. The fourth-order valence-electron chi connectivity index (χ4n) is 3.83. The van der Waals surface area contributed by atoms with Gasteiger partial charge in [-0.1, -0.05) is 91.0 Å². The Labute approximate surface area is 194 Å². The molecule has 6 nitrogen and oxygen atoms in total. The summed E-state index contributed by atoms with van der Waals surface area (Å²) in [6.07, 6.45) is -4.72. The molecule has 1 unspecified atom stereocenters. The van der Waals surface area contributed by atoms with Crippen LogP contribution in [0.15, 0.2) is 91.0 Å². The minimum atomic E-state index is -1.30. The number of hydrogen-bond acceptors (Lipinski definition) is 6. The molecule has 0 amide bonds. The lowest BCUT2D eigenvalue weighted by molar-refractivity contribution is -0.308. The van der Waals surface area contributed by atoms with Crippen LogP contribution in [0.2, 0.25) is 0 Å². The Morgan fingerprint density at radius 2 is 1.06 bits per heavy atom. The van der Waals surface area contributed by atoms with E-state index in [-0.39, 0.29) is 13.2 Å². The maximum absolute atomic E-state index is 11.1. The summed E-state index contributed by atoms with van der Waals surface area (Å²) in [5.41, 5.74) is 2.94. The average molecular weight is 451 g/mol. The first-order valence-electron chi connectivity index (χ1n) is 11.1. The van der Waals surface area contributed by atoms with Crippen LogP contribution in [0.3, 0.4) is 0 Å². The molecule has 0 radical (unpaired) electrons. The van der Waals surface area contributed by atoms with E-state index in [1.807, 2.05) is 91.0 Å². The van der Waals surface area contributed by atoms with Crippen molar-refractivity contribution in [2.45, 2.75) is 50.5 Å². The molecule has 1 saturated heterocycles. The highest BCUT2D eigenvalue weighted by molar-refractivity contribution is 5.15. The molecule has 174 valence electrons. The third kappa shape index (κ3) is 6.71. The zero-order valence-corrected chi connectivity index (χ0v) is 18.4. The zero-order valence-electron chi connectivity index (χ0n) is 18.4. The molecule has 33 heavy (non-hydrogen) atoms. The SMILES string of the molecule is OC1O[C@H](COCc2ccccc2)[C@@H](OCc2ccccc2)[C@@H](O)[C@H]1OCc1ccccc1. The van der Waals surface area contributed by atoms with Crippen molar-refractivity contribution in [2.24, 2.45) is 0 Å². The molecule has 0 saturated carbocycles. The third-order valence-corrected chi connectivity index (χ3v) is 5.60. The number of benzene rings is 3. The van der Waals surface area contributed by atoms with Gasteiger partial charge in [-0.2, -0.15) is 0 Å². The molecule has 1 aliphatic rings. The minimum absolute atomic E-state index is 0.161. The van der Waals surface area contributed by atoms with Crippen molar-refractivity contribution in [3.63, 3.8) is 0 Å². The van der Waals surface area contributed by atoms with Gasteiger partial charge >= 0.3 is 0 Å². The first kappa shape index (κ1) is 23.6. The molecular weight excluding hydrogens is 420 g/mol. The maximum Gasteiger partial charge on any atom is 0.184 e. The summed E-state index contributed by atoms with van der Waals surface area (Å²) in [5, 5.41) is 21.7. The summed E-state index contributed by atoms with van der Waals surface area (Å²) in [5.74, 6) is 0. The topological polar surface area (TPSA) is 77.4 Å². The summed E-state index contributed by atoms with van der Waals surface area (Å²) < 4.78 is 23.6. The van der Waals surface area contributed by atoms with Gasteiger partial charge in [0, 0.05) is 0 Å². The minimum Gasteiger partial charge on any atom is -0.387 e. The summed E-state index contributed by atoms with van der Waals surface area (Å²) in [6, 6.07) is 29.1. The molecule has 0 aromatic heterocycles. The van der Waals surface area contributed by atoms with E-state index in [4.69, 9.17) is 18.9 Å². The molecule has 3 aromatic rings. The van der Waals surface area contributed by atoms with Crippen LogP contribution in [-0.4, -0.2) is 47.5 Å². The van der Waals surface area contributed by atoms with E-state index in [2.05, 4.69) is 0 Å². The van der Waals surface area contributed by atoms with Crippen molar-refractivity contribution in [3.05, 3.63) is 108 Å². The molecule has 1 heterocycles. The summed E-state index contributed by atoms with van der Waals surface area (Å²) in [4.78, 5) is 0. The summed E-state index contributed by atoms with van der Waals surface area (Å²) in [7, 11) is 0. The Morgan fingerprint density at radius 1 is 0.606 bits per heavy atom. The Morgan fingerprint density at radius 3 is 1.58 bits per heavy atom. The van der Waals surface area contributed by atoms with E-state index >= 15 is 0 Å². The van der Waals surface area contributed by atoms with Gasteiger partial charge in [0.15, 0.2) is 6.29 Å². The van der Waals surface area contributed by atoms with Crippen LogP contribution >= 0.6 is 0 Å². The van der Waals surface area contributed by atoms with Crippen LogP contribution in [0, 0.1) is 0 Å². The molecule has 4 rings (SSSR count). The van der Waals surface area contributed by atoms with Crippen molar-refractivity contribution in [3.8, 4) is 0 Å². The van der Waals surface area contributed by atoms with E-state index in [0.717, 1.165) is 16.7 Å². The molecule has 0 bridgehead atoms. The largest absolute Gasteiger partial charge is 0.387 e. The van der Waals surface area contributed by atoms with Crippen LogP contribution in [0.4, 0.5) is 0 Å². The molecule has 2 N–H and O–H groups in total. The Hall–Kier alpha value is -2.58. The van der Waals surface area contributed by atoms with Crippen molar-refractivity contribution in [1.29, 1.82) is 0 Å². The van der Waals surface area contributed by atoms with Crippen LogP contribution in [0.25, 0.3) is 0 Å². The van der Waals surface area contributed by atoms with Crippen LogP contribution in [0.1, 0.15) is 16.7 Å². The van der Waals surface area contributed by atoms with Crippen molar-refractivity contribution < 1.29 is 29.2 Å². The number of rotatable bonds is 10.